The number of H-pyrrole nitrogens is 2. The number of nitrogens with zero attached hydrogens (tertiary/aromatic N) is 5. The van der Waals surface area contributed by atoms with Gasteiger partial charge in [-0.1, -0.05) is 6.07 Å². The second-order valence-electron chi connectivity index (χ2n) is 19.1. The van der Waals surface area contributed by atoms with E-state index in [9.17, 15) is 19.2 Å². The first kappa shape index (κ1) is 47.1. The molecule has 0 radical (unpaired) electrons. The number of hydrogen-bond donors (Lipinski definition) is 3. The number of aromatic nitrogens is 5. The summed E-state index contributed by atoms with van der Waals surface area (Å²) in [4.78, 5) is 74.3. The number of amides is 3. The minimum Gasteiger partial charge on any atom is -0.469 e. The van der Waals surface area contributed by atoms with Gasteiger partial charge in [-0.2, -0.15) is 0 Å². The van der Waals surface area contributed by atoms with Crippen molar-refractivity contribution in [1.82, 2.24) is 39.6 Å². The zero-order chi connectivity index (χ0) is 49.0. The Morgan fingerprint density at radius 3 is 2.17 bits per heavy atom. The highest BCUT2D eigenvalue weighted by molar-refractivity contribution is 7.12. The number of thiophene rings is 1. The van der Waals surface area contributed by atoms with E-state index < -0.39 is 53.7 Å². The molecule has 3 amide bonds. The number of ether oxygens (including phenoxy) is 4. The average Bonchev–Trinajstić information content (AvgIpc) is 4.22. The quantitative estimate of drug-likeness (QED) is 0.100. The number of halogens is 2. The minimum atomic E-state index is -2.09. The molecular weight excluding hydrogens is 923 g/mol. The fourth-order valence-corrected chi connectivity index (χ4v) is 11.6. The van der Waals surface area contributed by atoms with Crippen molar-refractivity contribution < 1.29 is 46.9 Å². The van der Waals surface area contributed by atoms with E-state index in [0.29, 0.717) is 91.9 Å². The standard InChI is InChI=1S/C51H56F2N8O8S/c1-27-10-13-41(70-27)49-61-36-12-11-29(34-25-54-45(56-34)37-8-6-16-59(37)47(63)32(24-42(62)66-4)28-14-18-68-19-15-28)20-31(36)22-39(61)43-33(52)21-30(23-40(43)69-49)35-26-55-46(57-35)38-9-7-17-60(38)48(64)44(51(2,3)53)58-50(65)67-5/h10-13,20-23,25-26,28,32,37-38,44,49H,6-9,14-19,24H2,1-5H3,(H,54,56)(H,55,57)(H,58,65)/t32-,37-,38-,44?,49?/m0/s1. The molecule has 0 saturated carbocycles. The first-order chi connectivity index (χ1) is 33.7. The Labute approximate surface area is 407 Å². The van der Waals surface area contributed by atoms with E-state index in [4.69, 9.17) is 19.2 Å². The number of aryl methyl sites for hydroxylation is 1. The number of aromatic amines is 2. The van der Waals surface area contributed by atoms with Gasteiger partial charge in [0.15, 0.2) is 0 Å². The Balaban J connectivity index is 0.942. The second-order valence-corrected chi connectivity index (χ2v) is 20.5. The molecule has 6 aromatic rings. The van der Waals surface area contributed by atoms with Crippen LogP contribution >= 0.6 is 11.3 Å². The summed E-state index contributed by atoms with van der Waals surface area (Å²) in [5, 5.41) is 3.21. The van der Waals surface area contributed by atoms with Gasteiger partial charge in [-0.25, -0.2) is 23.5 Å². The predicted molar refractivity (Wildman–Crippen MR) is 256 cm³/mol. The number of carbonyl (C=O) groups excluding carboxylic acids is 4. The van der Waals surface area contributed by atoms with Crippen molar-refractivity contribution in [2.75, 3.05) is 40.5 Å². The van der Waals surface area contributed by atoms with Gasteiger partial charge in [0, 0.05) is 47.7 Å². The first-order valence-corrected chi connectivity index (χ1v) is 24.6. The molecule has 8 heterocycles. The summed E-state index contributed by atoms with van der Waals surface area (Å²) < 4.78 is 56.3. The van der Waals surface area contributed by atoms with Crippen LogP contribution in [0.1, 0.15) is 98.5 Å². The third kappa shape index (κ3) is 8.82. The van der Waals surface area contributed by atoms with Crippen LogP contribution < -0.4 is 10.1 Å². The number of methoxy groups -OCH3 is 2. The van der Waals surface area contributed by atoms with Gasteiger partial charge in [0.25, 0.3) is 0 Å². The monoisotopic (exact) mass is 978 g/mol. The Kier molecular flexibility index (Phi) is 12.8. The molecule has 3 saturated heterocycles. The smallest absolute Gasteiger partial charge is 0.407 e. The molecule has 16 nitrogen and oxygen atoms in total. The fourth-order valence-electron chi connectivity index (χ4n) is 10.7. The summed E-state index contributed by atoms with van der Waals surface area (Å²) in [5.41, 5.74) is 2.30. The Bertz CT molecular complexity index is 2970. The summed E-state index contributed by atoms with van der Waals surface area (Å²) in [6.45, 7) is 6.50. The lowest BCUT2D eigenvalue weighted by molar-refractivity contribution is -0.150. The summed E-state index contributed by atoms with van der Waals surface area (Å²) in [7, 11) is 2.50. The van der Waals surface area contributed by atoms with Crippen LogP contribution in [-0.2, 0) is 28.6 Å². The van der Waals surface area contributed by atoms with Crippen LogP contribution in [0.25, 0.3) is 44.7 Å². The van der Waals surface area contributed by atoms with Gasteiger partial charge >= 0.3 is 12.1 Å². The maximum atomic E-state index is 16.9. The lowest BCUT2D eigenvalue weighted by Gasteiger charge is -2.33. The van der Waals surface area contributed by atoms with E-state index in [1.54, 1.807) is 29.8 Å². The van der Waals surface area contributed by atoms with Crippen molar-refractivity contribution in [1.29, 1.82) is 0 Å². The van der Waals surface area contributed by atoms with Gasteiger partial charge in [0.1, 0.15) is 34.9 Å². The first-order valence-electron chi connectivity index (χ1n) is 23.8. The van der Waals surface area contributed by atoms with Crippen molar-refractivity contribution in [2.24, 2.45) is 11.8 Å². The molecule has 0 bridgehead atoms. The SMILES string of the molecule is COC(=O)C[C@H](C(=O)N1CCC[C@H]1c1ncc(-c2ccc3c(c2)cc2n3C(c3ccc(C)s3)Oc3cc(-c4cnc([C@@H]5CCCN5C(=O)C(NC(=O)OC)C(C)(C)F)[nH]4)cc(F)c3-2)[nH]1)C1CCOCC1. The second kappa shape index (κ2) is 19.0. The molecule has 4 aliphatic rings. The van der Waals surface area contributed by atoms with E-state index in [1.165, 1.54) is 31.9 Å². The minimum absolute atomic E-state index is 0.0284. The molecule has 2 aromatic carbocycles. The molecule has 19 heteroatoms. The molecule has 4 aromatic heterocycles. The normalized spacial score (nSPS) is 20.2. The van der Waals surface area contributed by atoms with Gasteiger partial charge in [-0.05, 0) is 108 Å². The van der Waals surface area contributed by atoms with Crippen molar-refractivity contribution in [3.8, 4) is 39.5 Å². The van der Waals surface area contributed by atoms with Crippen molar-refractivity contribution >= 4 is 46.1 Å². The maximum Gasteiger partial charge on any atom is 0.407 e. The number of esters is 1. The molecule has 0 spiro atoms. The van der Waals surface area contributed by atoms with E-state index in [2.05, 4.69) is 25.0 Å². The van der Waals surface area contributed by atoms with Gasteiger partial charge in [0.2, 0.25) is 18.0 Å². The topological polar surface area (TPSA) is 186 Å². The molecule has 5 atom stereocenters. The van der Waals surface area contributed by atoms with E-state index in [1.807, 2.05) is 52.8 Å². The van der Waals surface area contributed by atoms with Crippen molar-refractivity contribution in [2.45, 2.75) is 95.7 Å². The summed E-state index contributed by atoms with van der Waals surface area (Å²) >= 11 is 1.60. The molecule has 3 N–H and O–H groups in total. The van der Waals surface area contributed by atoms with Crippen LogP contribution in [0.2, 0.25) is 0 Å². The van der Waals surface area contributed by atoms with Crippen molar-refractivity contribution in [3.63, 3.8) is 0 Å². The average molecular weight is 979 g/mol. The molecule has 368 valence electrons. The van der Waals surface area contributed by atoms with Gasteiger partial charge in [-0.15, -0.1) is 11.3 Å². The zero-order valence-electron chi connectivity index (χ0n) is 39.7. The third-order valence-electron chi connectivity index (χ3n) is 14.3. The number of nitrogens with one attached hydrogen (secondary N) is 3. The number of rotatable bonds is 12. The lowest BCUT2D eigenvalue weighted by atomic mass is 9.82. The highest BCUT2D eigenvalue weighted by atomic mass is 32.1. The van der Waals surface area contributed by atoms with Gasteiger partial charge < -0.3 is 44.0 Å². The maximum absolute atomic E-state index is 16.9. The van der Waals surface area contributed by atoms with Crippen LogP contribution in [0.5, 0.6) is 5.75 Å². The van der Waals surface area contributed by atoms with Crippen LogP contribution in [0.4, 0.5) is 13.6 Å². The van der Waals surface area contributed by atoms with Crippen LogP contribution in [0, 0.1) is 24.6 Å². The highest BCUT2D eigenvalue weighted by Crippen LogP contribution is 2.48. The molecule has 4 aliphatic heterocycles. The summed E-state index contributed by atoms with van der Waals surface area (Å²) in [5.74, 6) is -0.561. The van der Waals surface area contributed by atoms with E-state index in [-0.39, 0.29) is 24.3 Å². The number of carbonyl (C=O) groups is 4. The Morgan fingerprint density at radius 1 is 0.871 bits per heavy atom. The summed E-state index contributed by atoms with van der Waals surface area (Å²) in [6, 6.07) is 13.0. The molecule has 10 rings (SSSR count). The number of hydrogen-bond acceptors (Lipinski definition) is 11. The van der Waals surface area contributed by atoms with Crippen LogP contribution in [0.15, 0.2) is 60.9 Å². The molecular formula is C51H56F2N8O8S. The highest BCUT2D eigenvalue weighted by Gasteiger charge is 2.44. The lowest BCUT2D eigenvalue weighted by Crippen LogP contribution is -2.56. The van der Waals surface area contributed by atoms with Gasteiger partial charge in [-0.3, -0.25) is 19.0 Å². The third-order valence-corrected chi connectivity index (χ3v) is 15.3. The van der Waals surface area contributed by atoms with Crippen LogP contribution in [-0.4, -0.2) is 110 Å². The number of fused-ring (bicyclic) bond motifs is 5. The number of alkyl halides is 1. The largest absolute Gasteiger partial charge is 0.469 e. The van der Waals surface area contributed by atoms with Crippen LogP contribution in [0.3, 0.4) is 0 Å². The molecule has 70 heavy (non-hydrogen) atoms. The Morgan fingerprint density at radius 2 is 1.54 bits per heavy atom. The number of likely N-dealkylation sites (tertiary alicyclic amines) is 2. The number of benzene rings is 2. The van der Waals surface area contributed by atoms with Crippen molar-refractivity contribution in [3.05, 3.63) is 88.1 Å². The van der Waals surface area contributed by atoms with E-state index in [0.717, 1.165) is 51.9 Å². The molecule has 3 fully saturated rings. The molecule has 0 aliphatic carbocycles. The predicted octanol–water partition coefficient (Wildman–Crippen LogP) is 8.94. The molecule has 2 unspecified atom stereocenters. The number of alkyl carbamates (subject to hydrolysis) is 1. The van der Waals surface area contributed by atoms with E-state index >= 15 is 8.78 Å². The zero-order valence-corrected chi connectivity index (χ0v) is 40.5. The number of imidazole rings is 2. The Hall–Kier alpha value is -6.60. The fraction of sp³-hybridized carbons (Fsp3) is 0.451. The summed E-state index contributed by atoms with van der Waals surface area (Å²) in [6.07, 6.45) is 6.01. The van der Waals surface area contributed by atoms with Gasteiger partial charge in [0.05, 0.1) is 84.1 Å².